The van der Waals surface area contributed by atoms with E-state index in [-0.39, 0.29) is 0 Å². The van der Waals surface area contributed by atoms with Crippen molar-refractivity contribution in [3.05, 3.63) is 0 Å². The van der Waals surface area contributed by atoms with Crippen LogP contribution in [0.2, 0.25) is 0 Å². The van der Waals surface area contributed by atoms with E-state index in [1.165, 1.54) is 0 Å². The zero-order valence-corrected chi connectivity index (χ0v) is 8.00. The quantitative estimate of drug-likeness (QED) is 0.350. The number of hydrogen-bond acceptors (Lipinski definition) is 6. The van der Waals surface area contributed by atoms with E-state index >= 15 is 0 Å². The Morgan fingerprint density at radius 1 is 1.50 bits per heavy atom. The average molecular weight is 207 g/mol. The number of aliphatic hydroxyl groups is 4. The third-order valence-corrected chi connectivity index (χ3v) is 2.64. The fourth-order valence-electron chi connectivity index (χ4n) is 1.56. The second-order valence-corrected chi connectivity index (χ2v) is 3.58. The molecule has 0 spiro atoms. The van der Waals surface area contributed by atoms with E-state index in [1.807, 2.05) is 0 Å². The van der Waals surface area contributed by atoms with Crippen molar-refractivity contribution in [2.24, 2.45) is 5.73 Å². The van der Waals surface area contributed by atoms with E-state index < -0.39 is 36.7 Å². The third kappa shape index (κ3) is 1.77. The molecule has 1 fully saturated rings. The maximum Gasteiger partial charge on any atom is 0.145 e. The molecule has 6 nitrogen and oxygen atoms in total. The summed E-state index contributed by atoms with van der Waals surface area (Å²) < 4.78 is 5.14. The maximum atomic E-state index is 9.54. The molecule has 14 heavy (non-hydrogen) atoms. The molecule has 0 aromatic rings. The highest BCUT2D eigenvalue weighted by atomic mass is 16.6. The highest BCUT2D eigenvalue weighted by Crippen LogP contribution is 2.31. The molecule has 1 saturated heterocycles. The Labute approximate surface area is 81.9 Å². The van der Waals surface area contributed by atoms with Crippen molar-refractivity contribution in [3.63, 3.8) is 0 Å². The van der Waals surface area contributed by atoms with Gasteiger partial charge in [-0.05, 0) is 6.42 Å². The first-order valence-corrected chi connectivity index (χ1v) is 4.58. The molecule has 0 amide bonds. The van der Waals surface area contributed by atoms with Crippen molar-refractivity contribution >= 4 is 0 Å². The molecule has 0 aromatic carbocycles. The van der Waals surface area contributed by atoms with Crippen molar-refractivity contribution in [2.45, 2.75) is 43.5 Å². The predicted octanol–water partition coefficient (Wildman–Crippen LogP) is -2.47. The van der Waals surface area contributed by atoms with Crippen LogP contribution < -0.4 is 5.73 Å². The lowest BCUT2D eigenvalue weighted by Crippen LogP contribution is -2.50. The largest absolute Gasteiger partial charge is 0.394 e. The number of nitrogens with two attached hydrogens (primary N) is 1. The molecule has 0 radical (unpaired) electrons. The van der Waals surface area contributed by atoms with Crippen LogP contribution in [0, 0.1) is 0 Å². The smallest absolute Gasteiger partial charge is 0.145 e. The zero-order chi connectivity index (χ0) is 10.9. The van der Waals surface area contributed by atoms with Crippen molar-refractivity contribution in [1.82, 2.24) is 0 Å². The van der Waals surface area contributed by atoms with Gasteiger partial charge in [0.1, 0.15) is 30.1 Å². The van der Waals surface area contributed by atoms with Gasteiger partial charge in [0.25, 0.3) is 0 Å². The van der Waals surface area contributed by atoms with Crippen LogP contribution in [0.1, 0.15) is 13.3 Å². The molecule has 1 rings (SSSR count). The molecule has 6 heteroatoms. The van der Waals surface area contributed by atoms with Gasteiger partial charge in [0, 0.05) is 0 Å². The molecule has 5 atom stereocenters. The summed E-state index contributed by atoms with van der Waals surface area (Å²) in [6.07, 6.45) is -4.50. The molecule has 0 saturated carbocycles. The summed E-state index contributed by atoms with van der Waals surface area (Å²) in [7, 11) is 0. The Morgan fingerprint density at radius 3 is 2.43 bits per heavy atom. The molecular weight excluding hydrogens is 190 g/mol. The van der Waals surface area contributed by atoms with Gasteiger partial charge in [-0.3, -0.25) is 0 Å². The first kappa shape index (κ1) is 11.8. The van der Waals surface area contributed by atoms with E-state index in [0.717, 1.165) is 0 Å². The van der Waals surface area contributed by atoms with Gasteiger partial charge in [-0.25, -0.2) is 0 Å². The van der Waals surface area contributed by atoms with Crippen LogP contribution in [0.25, 0.3) is 0 Å². The molecule has 1 heterocycles. The van der Waals surface area contributed by atoms with E-state index in [1.54, 1.807) is 6.92 Å². The molecule has 6 N–H and O–H groups in total. The van der Waals surface area contributed by atoms with Gasteiger partial charge in [0.05, 0.1) is 6.61 Å². The van der Waals surface area contributed by atoms with Gasteiger partial charge in [0.15, 0.2) is 0 Å². The summed E-state index contributed by atoms with van der Waals surface area (Å²) in [4.78, 5) is 0. The SMILES string of the molecule is CC[C@@]1(N)O[C@H](C(O)CO)C(O)C1O. The summed E-state index contributed by atoms with van der Waals surface area (Å²) in [6, 6.07) is 0. The minimum Gasteiger partial charge on any atom is -0.394 e. The molecule has 0 bridgehead atoms. The van der Waals surface area contributed by atoms with Gasteiger partial charge in [0.2, 0.25) is 0 Å². The molecule has 1 aliphatic rings. The molecule has 0 aliphatic carbocycles. The summed E-state index contributed by atoms with van der Waals surface area (Å²) >= 11 is 0. The molecular formula is C8H17NO5. The standard InChI is InChI=1S/C8H17NO5/c1-2-8(9)7(13)5(12)6(14-8)4(11)3-10/h4-7,10-13H,2-3,9H2,1H3/t4?,5?,6-,7?,8-/m1/s1. The second kappa shape index (κ2) is 4.09. The van der Waals surface area contributed by atoms with Gasteiger partial charge >= 0.3 is 0 Å². The van der Waals surface area contributed by atoms with Gasteiger partial charge in [-0.2, -0.15) is 0 Å². The first-order valence-electron chi connectivity index (χ1n) is 4.58. The van der Waals surface area contributed by atoms with Crippen molar-refractivity contribution in [2.75, 3.05) is 6.61 Å². The van der Waals surface area contributed by atoms with Crippen molar-refractivity contribution in [3.8, 4) is 0 Å². The van der Waals surface area contributed by atoms with Crippen LogP contribution in [-0.4, -0.2) is 57.2 Å². The topological polar surface area (TPSA) is 116 Å². The maximum absolute atomic E-state index is 9.54. The summed E-state index contributed by atoms with van der Waals surface area (Å²) in [5, 5.41) is 37.0. The minimum atomic E-state index is -1.35. The lowest BCUT2D eigenvalue weighted by Gasteiger charge is -2.26. The number of ether oxygens (including phenoxy) is 1. The second-order valence-electron chi connectivity index (χ2n) is 3.58. The molecule has 0 aromatic heterocycles. The van der Waals surface area contributed by atoms with E-state index in [4.69, 9.17) is 15.6 Å². The fourth-order valence-corrected chi connectivity index (χ4v) is 1.56. The summed E-state index contributed by atoms with van der Waals surface area (Å²) in [5.74, 6) is 0. The number of aliphatic hydroxyl groups excluding tert-OH is 4. The number of rotatable bonds is 3. The van der Waals surface area contributed by atoms with Crippen LogP contribution in [0.4, 0.5) is 0 Å². The van der Waals surface area contributed by atoms with Crippen LogP contribution in [0.5, 0.6) is 0 Å². The molecule has 3 unspecified atom stereocenters. The normalized spacial score (nSPS) is 45.4. The Morgan fingerprint density at radius 2 is 2.07 bits per heavy atom. The zero-order valence-electron chi connectivity index (χ0n) is 8.00. The van der Waals surface area contributed by atoms with Crippen LogP contribution in [0.3, 0.4) is 0 Å². The van der Waals surface area contributed by atoms with E-state index in [2.05, 4.69) is 0 Å². The van der Waals surface area contributed by atoms with Gasteiger partial charge in [-0.15, -0.1) is 0 Å². The average Bonchev–Trinajstić information content (AvgIpc) is 2.43. The number of hydrogen-bond donors (Lipinski definition) is 5. The monoisotopic (exact) mass is 207 g/mol. The van der Waals surface area contributed by atoms with Crippen LogP contribution in [-0.2, 0) is 4.74 Å². The molecule has 84 valence electrons. The Bertz CT molecular complexity index is 202. The highest BCUT2D eigenvalue weighted by Gasteiger charge is 2.52. The first-order chi connectivity index (χ1) is 6.46. The van der Waals surface area contributed by atoms with Crippen LogP contribution >= 0.6 is 0 Å². The van der Waals surface area contributed by atoms with Crippen molar-refractivity contribution < 1.29 is 25.2 Å². The highest BCUT2D eigenvalue weighted by molar-refractivity contribution is 4.99. The van der Waals surface area contributed by atoms with Crippen molar-refractivity contribution in [1.29, 1.82) is 0 Å². The van der Waals surface area contributed by atoms with E-state index in [0.29, 0.717) is 6.42 Å². The van der Waals surface area contributed by atoms with E-state index in [9.17, 15) is 15.3 Å². The lowest BCUT2D eigenvalue weighted by molar-refractivity contribution is -0.120. The Kier molecular flexibility index (Phi) is 3.46. The third-order valence-electron chi connectivity index (χ3n) is 2.64. The fraction of sp³-hybridized carbons (Fsp3) is 1.00. The summed E-state index contributed by atoms with van der Waals surface area (Å²) in [5.41, 5.74) is 4.30. The van der Waals surface area contributed by atoms with Gasteiger partial charge in [-0.1, -0.05) is 6.92 Å². The minimum absolute atomic E-state index is 0.305. The predicted molar refractivity (Wildman–Crippen MR) is 47.2 cm³/mol. The van der Waals surface area contributed by atoms with Gasteiger partial charge < -0.3 is 30.9 Å². The lowest BCUT2D eigenvalue weighted by atomic mass is 9.99. The Hall–Kier alpha value is -0.240. The molecule has 1 aliphatic heterocycles. The summed E-state index contributed by atoms with van der Waals surface area (Å²) in [6.45, 7) is 1.15. The van der Waals surface area contributed by atoms with Crippen LogP contribution in [0.15, 0.2) is 0 Å². The Balaban J connectivity index is 2.76.